The van der Waals surface area contributed by atoms with Crippen LogP contribution in [-0.4, -0.2) is 68.7 Å². The van der Waals surface area contributed by atoms with Crippen LogP contribution in [0.1, 0.15) is 25.3 Å². The summed E-state index contributed by atoms with van der Waals surface area (Å²) in [6.07, 6.45) is 6.36. The molecule has 0 unspecified atom stereocenters. The molecule has 1 aliphatic heterocycles. The third kappa shape index (κ3) is 3.87. The first kappa shape index (κ1) is 24.0. The third-order valence-corrected chi connectivity index (χ3v) is 7.52. The number of pyridine rings is 1. The van der Waals surface area contributed by atoms with E-state index in [0.717, 1.165) is 12.8 Å². The molecule has 192 valence electrons. The maximum absolute atomic E-state index is 15.1. The number of nitriles is 1. The molecule has 1 amide bonds. The molecule has 6 rings (SSSR count). The van der Waals surface area contributed by atoms with Crippen LogP contribution >= 0.6 is 0 Å². The number of ether oxygens (including phenoxy) is 1. The van der Waals surface area contributed by atoms with Gasteiger partial charge in [0, 0.05) is 56.3 Å². The number of carbonyl (C=O) groups excluding carboxylic acids is 1. The van der Waals surface area contributed by atoms with Crippen LogP contribution in [0.4, 0.5) is 10.2 Å². The maximum atomic E-state index is 15.1. The molecule has 9 nitrogen and oxygen atoms in total. The standard InChI is InChI=1S/C28H26FN7O2/c1-18-15-34(27(37)28(38-2)8-9-28)11-12-35(18)25-24-21(20-5-3-4-6-22(20)29)16-36(26(24)33-17-32-25)23-13-19(14-30)7-10-31-23/h3-7,10,13,16-18H,8-9,11-12,15H2,1-2H3/t18-/m0/s1. The second-order valence-electron chi connectivity index (χ2n) is 9.80. The summed E-state index contributed by atoms with van der Waals surface area (Å²) in [7, 11) is 1.60. The van der Waals surface area contributed by atoms with Gasteiger partial charge >= 0.3 is 0 Å². The van der Waals surface area contributed by atoms with E-state index in [1.165, 1.54) is 12.4 Å². The summed E-state index contributed by atoms with van der Waals surface area (Å²) in [4.78, 5) is 30.8. The number of anilines is 1. The van der Waals surface area contributed by atoms with Gasteiger partial charge in [-0.15, -0.1) is 0 Å². The second-order valence-corrected chi connectivity index (χ2v) is 9.80. The first-order valence-electron chi connectivity index (χ1n) is 12.5. The molecular weight excluding hydrogens is 485 g/mol. The molecule has 0 spiro atoms. The number of hydrogen-bond acceptors (Lipinski definition) is 7. The van der Waals surface area contributed by atoms with Gasteiger partial charge < -0.3 is 14.5 Å². The number of rotatable bonds is 5. The van der Waals surface area contributed by atoms with E-state index in [1.54, 1.807) is 54.4 Å². The van der Waals surface area contributed by atoms with Gasteiger partial charge in [-0.3, -0.25) is 9.36 Å². The largest absolute Gasteiger partial charge is 0.368 e. The summed E-state index contributed by atoms with van der Waals surface area (Å²) in [5, 5.41) is 10.1. The Labute approximate surface area is 219 Å². The van der Waals surface area contributed by atoms with E-state index in [2.05, 4.69) is 32.8 Å². The van der Waals surface area contributed by atoms with Crippen LogP contribution in [0.15, 0.2) is 55.1 Å². The number of halogens is 1. The molecule has 10 heteroatoms. The second kappa shape index (κ2) is 9.19. The zero-order valence-electron chi connectivity index (χ0n) is 21.1. The number of piperazine rings is 1. The Kier molecular flexibility index (Phi) is 5.80. The van der Waals surface area contributed by atoms with Crippen molar-refractivity contribution < 1.29 is 13.9 Å². The number of fused-ring (bicyclic) bond motifs is 1. The Balaban J connectivity index is 1.46. The molecule has 0 bridgehead atoms. The Morgan fingerprint density at radius 1 is 1.16 bits per heavy atom. The highest BCUT2D eigenvalue weighted by molar-refractivity contribution is 6.02. The minimum atomic E-state index is -0.662. The number of nitrogens with zero attached hydrogens (tertiary/aromatic N) is 7. The molecule has 0 N–H and O–H groups in total. The SMILES string of the molecule is COC1(C(=O)N2CCN(c3ncnc4c3c(-c3ccccc3F)cn4-c3cc(C#N)ccn3)[C@@H](C)C2)CC1. The van der Waals surface area contributed by atoms with Crippen molar-refractivity contribution in [1.29, 1.82) is 5.26 Å². The van der Waals surface area contributed by atoms with E-state index < -0.39 is 5.60 Å². The fraction of sp³-hybridized carbons (Fsp3) is 0.321. The zero-order valence-corrected chi connectivity index (χ0v) is 21.1. The Morgan fingerprint density at radius 2 is 1.97 bits per heavy atom. The number of aromatic nitrogens is 4. The van der Waals surface area contributed by atoms with E-state index >= 15 is 4.39 Å². The highest BCUT2D eigenvalue weighted by Gasteiger charge is 2.53. The smallest absolute Gasteiger partial charge is 0.254 e. The van der Waals surface area contributed by atoms with Crippen molar-refractivity contribution >= 4 is 22.8 Å². The summed E-state index contributed by atoms with van der Waals surface area (Å²) in [5.41, 5.74) is 1.39. The lowest BCUT2D eigenvalue weighted by Crippen LogP contribution is -2.56. The number of amides is 1. The predicted octanol–water partition coefficient (Wildman–Crippen LogP) is 3.71. The molecule has 2 aliphatic rings. The van der Waals surface area contributed by atoms with Crippen LogP contribution < -0.4 is 4.90 Å². The average molecular weight is 512 g/mol. The fourth-order valence-electron chi connectivity index (χ4n) is 5.31. The summed E-state index contributed by atoms with van der Waals surface area (Å²) >= 11 is 0. The van der Waals surface area contributed by atoms with E-state index in [1.807, 2.05) is 4.90 Å². The van der Waals surface area contributed by atoms with E-state index in [9.17, 15) is 10.1 Å². The number of hydrogen-bond donors (Lipinski definition) is 0. The van der Waals surface area contributed by atoms with Crippen LogP contribution in [-0.2, 0) is 9.53 Å². The zero-order chi connectivity index (χ0) is 26.4. The third-order valence-electron chi connectivity index (χ3n) is 7.52. The Hall–Kier alpha value is -4.36. The van der Waals surface area contributed by atoms with Crippen LogP contribution in [0.5, 0.6) is 0 Å². The van der Waals surface area contributed by atoms with Gasteiger partial charge in [0.05, 0.1) is 17.0 Å². The van der Waals surface area contributed by atoms with Gasteiger partial charge in [0.1, 0.15) is 29.4 Å². The molecule has 38 heavy (non-hydrogen) atoms. The highest BCUT2D eigenvalue weighted by Crippen LogP contribution is 2.42. The van der Waals surface area contributed by atoms with E-state index in [-0.39, 0.29) is 17.8 Å². The van der Waals surface area contributed by atoms with Gasteiger partial charge in [0.15, 0.2) is 5.65 Å². The fourth-order valence-corrected chi connectivity index (χ4v) is 5.31. The average Bonchev–Trinajstić information content (AvgIpc) is 3.66. The van der Waals surface area contributed by atoms with Gasteiger partial charge in [0.2, 0.25) is 0 Å². The summed E-state index contributed by atoms with van der Waals surface area (Å²) < 4.78 is 22.4. The molecule has 1 saturated carbocycles. The number of carbonyl (C=O) groups is 1. The Morgan fingerprint density at radius 3 is 2.68 bits per heavy atom. The first-order chi connectivity index (χ1) is 18.5. The van der Waals surface area contributed by atoms with Crippen molar-refractivity contribution in [3.63, 3.8) is 0 Å². The molecule has 1 saturated heterocycles. The lowest BCUT2D eigenvalue weighted by Gasteiger charge is -2.41. The lowest BCUT2D eigenvalue weighted by atomic mass is 10.0. The molecular formula is C28H26FN7O2. The van der Waals surface area contributed by atoms with Crippen LogP contribution in [0.25, 0.3) is 28.0 Å². The van der Waals surface area contributed by atoms with Crippen molar-refractivity contribution in [1.82, 2.24) is 24.4 Å². The molecule has 1 aromatic carbocycles. The summed E-state index contributed by atoms with van der Waals surface area (Å²) in [6, 6.07) is 12.0. The minimum absolute atomic E-state index is 0.0426. The van der Waals surface area contributed by atoms with Gasteiger partial charge in [-0.2, -0.15) is 5.26 Å². The topological polar surface area (TPSA) is 100 Å². The molecule has 1 aliphatic carbocycles. The molecule has 3 aromatic heterocycles. The predicted molar refractivity (Wildman–Crippen MR) is 139 cm³/mol. The van der Waals surface area contributed by atoms with Crippen molar-refractivity contribution in [2.24, 2.45) is 0 Å². The monoisotopic (exact) mass is 511 g/mol. The summed E-state index contributed by atoms with van der Waals surface area (Å²) in [6.45, 7) is 3.67. The van der Waals surface area contributed by atoms with Crippen LogP contribution in [0, 0.1) is 17.1 Å². The number of benzene rings is 1. The lowest BCUT2D eigenvalue weighted by molar-refractivity contribution is -0.145. The van der Waals surface area contributed by atoms with E-state index in [0.29, 0.717) is 59.0 Å². The van der Waals surface area contributed by atoms with E-state index in [4.69, 9.17) is 4.74 Å². The van der Waals surface area contributed by atoms with Crippen LogP contribution in [0.2, 0.25) is 0 Å². The molecule has 1 atom stereocenters. The normalized spacial score (nSPS) is 18.4. The molecule has 4 aromatic rings. The number of methoxy groups -OCH3 is 1. The molecule has 4 heterocycles. The quantitative estimate of drug-likeness (QED) is 0.403. The van der Waals surface area contributed by atoms with Gasteiger partial charge in [0.25, 0.3) is 5.91 Å². The van der Waals surface area contributed by atoms with Crippen molar-refractivity contribution in [3.05, 3.63) is 66.5 Å². The molecule has 2 fully saturated rings. The van der Waals surface area contributed by atoms with Gasteiger partial charge in [-0.25, -0.2) is 19.3 Å². The highest BCUT2D eigenvalue weighted by atomic mass is 19.1. The van der Waals surface area contributed by atoms with Crippen molar-refractivity contribution in [2.45, 2.75) is 31.4 Å². The molecule has 0 radical (unpaired) electrons. The minimum Gasteiger partial charge on any atom is -0.368 e. The summed E-state index contributed by atoms with van der Waals surface area (Å²) in [5.74, 6) is 0.841. The van der Waals surface area contributed by atoms with Crippen molar-refractivity contribution in [3.8, 4) is 23.0 Å². The first-order valence-corrected chi connectivity index (χ1v) is 12.5. The van der Waals surface area contributed by atoms with Crippen LogP contribution in [0.3, 0.4) is 0 Å². The van der Waals surface area contributed by atoms with Gasteiger partial charge in [-0.1, -0.05) is 18.2 Å². The van der Waals surface area contributed by atoms with Gasteiger partial charge in [-0.05, 0) is 38.0 Å². The Bertz CT molecular complexity index is 1590. The maximum Gasteiger partial charge on any atom is 0.254 e. The van der Waals surface area contributed by atoms with Crippen molar-refractivity contribution in [2.75, 3.05) is 31.6 Å².